The summed E-state index contributed by atoms with van der Waals surface area (Å²) in [4.78, 5) is 0. The number of ether oxygens (including phenoxy) is 2. The van der Waals surface area contributed by atoms with Crippen LogP contribution in [0.1, 0.15) is 25.8 Å². The predicted octanol–water partition coefficient (Wildman–Crippen LogP) is 8.01. The Balaban J connectivity index is 1.65. The largest absolute Gasteiger partial charge is 0.497 e. The molecule has 2 nitrogen and oxygen atoms in total. The Morgan fingerprint density at radius 2 is 1.07 bits per heavy atom. The highest BCUT2D eigenvalue weighted by molar-refractivity contribution is 7.80. The molecule has 0 aliphatic carbocycles. The van der Waals surface area contributed by atoms with Gasteiger partial charge in [0.15, 0.2) is 0 Å². The lowest BCUT2D eigenvalue weighted by Gasteiger charge is -2.30. The first kappa shape index (κ1) is 29.1. The van der Waals surface area contributed by atoms with E-state index in [1.807, 2.05) is 0 Å². The van der Waals surface area contributed by atoms with Crippen LogP contribution in [0.3, 0.4) is 0 Å². The minimum absolute atomic E-state index is 0.614. The number of hydrogen-bond acceptors (Lipinski definition) is 2. The van der Waals surface area contributed by atoms with Crippen molar-refractivity contribution < 1.29 is 9.47 Å². The second kappa shape index (κ2) is 14.0. The molecule has 43 heavy (non-hydrogen) atoms. The van der Waals surface area contributed by atoms with E-state index in [0.717, 1.165) is 29.1 Å². The summed E-state index contributed by atoms with van der Waals surface area (Å²) in [6, 6.07) is 50.3. The standard InChI is InChI=1S/C39H36O2P2/c1-3-36(42(31-18-8-4-9-19-31)32-20-10-5-11-21-32)38-30(2)40-28-17-29-41-35-26-16-27-37(39(35)38)43(33-22-12-6-13-23-33)34-24-14-7-15-25-34/h3-16,18-27H,17,28-29H2,1-2H3/b36-3+,38-30+. The summed E-state index contributed by atoms with van der Waals surface area (Å²) in [5.41, 5.74) is 2.29. The van der Waals surface area contributed by atoms with Crippen LogP contribution in [-0.2, 0) is 4.74 Å². The van der Waals surface area contributed by atoms with Crippen LogP contribution in [-0.4, -0.2) is 13.2 Å². The summed E-state index contributed by atoms with van der Waals surface area (Å²) in [7, 11) is -1.77. The SMILES string of the molecule is C/C=C(\C1=C(\C)OCCCOc2cccc(P(c3ccccc3)c3ccccc3)c21)P(c1ccccc1)c1ccccc1. The van der Waals surface area contributed by atoms with Crippen molar-refractivity contribution in [1.82, 2.24) is 0 Å². The first-order valence-corrected chi connectivity index (χ1v) is 17.5. The Bertz CT molecular complexity index is 1620. The van der Waals surface area contributed by atoms with Gasteiger partial charge in [-0.1, -0.05) is 140 Å². The maximum absolute atomic E-state index is 6.61. The summed E-state index contributed by atoms with van der Waals surface area (Å²) in [6.07, 6.45) is 3.14. The number of hydrogen-bond donors (Lipinski definition) is 0. The summed E-state index contributed by atoms with van der Waals surface area (Å²) in [6.45, 7) is 5.55. The van der Waals surface area contributed by atoms with Crippen LogP contribution < -0.4 is 31.3 Å². The molecular formula is C39H36O2P2. The quantitative estimate of drug-likeness (QED) is 0.177. The first-order valence-electron chi connectivity index (χ1n) is 14.8. The van der Waals surface area contributed by atoms with Gasteiger partial charge in [0.25, 0.3) is 0 Å². The zero-order valence-electron chi connectivity index (χ0n) is 24.7. The molecule has 1 heterocycles. The Morgan fingerprint density at radius 3 is 1.58 bits per heavy atom. The first-order chi connectivity index (χ1) is 21.3. The highest BCUT2D eigenvalue weighted by Crippen LogP contribution is 2.53. The van der Waals surface area contributed by atoms with Crippen molar-refractivity contribution in [1.29, 1.82) is 0 Å². The van der Waals surface area contributed by atoms with Crippen LogP contribution >= 0.6 is 15.8 Å². The lowest BCUT2D eigenvalue weighted by Crippen LogP contribution is -2.24. The van der Waals surface area contributed by atoms with Crippen LogP contribution in [0.25, 0.3) is 5.57 Å². The van der Waals surface area contributed by atoms with E-state index >= 15 is 0 Å². The second-order valence-corrected chi connectivity index (χ2v) is 14.7. The van der Waals surface area contributed by atoms with Crippen molar-refractivity contribution in [3.8, 4) is 5.75 Å². The molecule has 0 fully saturated rings. The molecule has 1 aliphatic heterocycles. The molecule has 6 rings (SSSR count). The van der Waals surface area contributed by atoms with E-state index in [9.17, 15) is 0 Å². The van der Waals surface area contributed by atoms with Crippen molar-refractivity contribution in [3.05, 3.63) is 162 Å². The molecule has 0 saturated carbocycles. The van der Waals surface area contributed by atoms with Crippen molar-refractivity contribution in [2.45, 2.75) is 20.3 Å². The zero-order chi connectivity index (χ0) is 29.4. The van der Waals surface area contributed by atoms with Crippen LogP contribution in [0.5, 0.6) is 5.75 Å². The zero-order valence-corrected chi connectivity index (χ0v) is 26.5. The lowest BCUT2D eigenvalue weighted by atomic mass is 10.0. The van der Waals surface area contributed by atoms with E-state index in [1.165, 1.54) is 31.8 Å². The molecule has 5 aromatic carbocycles. The fourth-order valence-electron chi connectivity index (χ4n) is 5.65. The molecule has 1 aliphatic rings. The normalized spacial score (nSPS) is 15.6. The average Bonchev–Trinajstić information content (AvgIpc) is 3.14. The Hall–Kier alpha value is -3.96. The highest BCUT2D eigenvalue weighted by Gasteiger charge is 2.31. The third kappa shape index (κ3) is 6.37. The smallest absolute Gasteiger partial charge is 0.127 e. The van der Waals surface area contributed by atoms with Gasteiger partial charge >= 0.3 is 0 Å². The van der Waals surface area contributed by atoms with Crippen LogP contribution in [0.15, 0.2) is 157 Å². The molecule has 0 radical (unpaired) electrons. The third-order valence-corrected chi connectivity index (χ3v) is 12.6. The molecule has 0 bridgehead atoms. The minimum atomic E-state index is -0.883. The Labute approximate surface area is 258 Å². The van der Waals surface area contributed by atoms with E-state index in [2.05, 4.69) is 159 Å². The summed E-state index contributed by atoms with van der Waals surface area (Å²) < 4.78 is 13.2. The molecule has 214 valence electrons. The third-order valence-electron chi connectivity index (χ3n) is 7.54. The van der Waals surface area contributed by atoms with Gasteiger partial charge in [0.05, 0.1) is 13.2 Å². The van der Waals surface area contributed by atoms with Crippen LogP contribution in [0.2, 0.25) is 0 Å². The Kier molecular flexibility index (Phi) is 9.49. The fourth-order valence-corrected chi connectivity index (χ4v) is 10.7. The van der Waals surface area contributed by atoms with Crippen molar-refractivity contribution in [2.24, 2.45) is 0 Å². The van der Waals surface area contributed by atoms with E-state index in [0.29, 0.717) is 13.2 Å². The fraction of sp³-hybridized carbons (Fsp3) is 0.128. The van der Waals surface area contributed by atoms with Gasteiger partial charge in [0, 0.05) is 17.6 Å². The second-order valence-electron chi connectivity index (χ2n) is 10.3. The van der Waals surface area contributed by atoms with Gasteiger partial charge in [-0.3, -0.25) is 0 Å². The number of rotatable bonds is 7. The van der Waals surface area contributed by atoms with E-state index < -0.39 is 15.8 Å². The summed E-state index contributed by atoms with van der Waals surface area (Å²) in [5.74, 6) is 1.87. The van der Waals surface area contributed by atoms with Crippen LogP contribution in [0, 0.1) is 0 Å². The monoisotopic (exact) mass is 598 g/mol. The number of fused-ring (bicyclic) bond motifs is 1. The van der Waals surface area contributed by atoms with E-state index in [-0.39, 0.29) is 0 Å². The molecule has 0 atom stereocenters. The van der Waals surface area contributed by atoms with E-state index in [1.54, 1.807) is 0 Å². The summed E-state index contributed by atoms with van der Waals surface area (Å²) in [5, 5.41) is 7.80. The van der Waals surface area contributed by atoms with Gasteiger partial charge in [0.2, 0.25) is 0 Å². The predicted molar refractivity (Wildman–Crippen MR) is 187 cm³/mol. The van der Waals surface area contributed by atoms with Crippen LogP contribution in [0.4, 0.5) is 0 Å². The maximum atomic E-state index is 6.61. The average molecular weight is 599 g/mol. The van der Waals surface area contributed by atoms with Crippen molar-refractivity contribution in [3.63, 3.8) is 0 Å². The van der Waals surface area contributed by atoms with Gasteiger partial charge in [0.1, 0.15) is 11.5 Å². The number of benzene rings is 5. The topological polar surface area (TPSA) is 18.5 Å². The minimum Gasteiger partial charge on any atom is -0.497 e. The molecule has 0 N–H and O–H groups in total. The van der Waals surface area contributed by atoms with Gasteiger partial charge < -0.3 is 9.47 Å². The van der Waals surface area contributed by atoms with Gasteiger partial charge in [-0.15, -0.1) is 0 Å². The summed E-state index contributed by atoms with van der Waals surface area (Å²) >= 11 is 0. The highest BCUT2D eigenvalue weighted by atomic mass is 31.1. The Morgan fingerprint density at radius 1 is 0.581 bits per heavy atom. The van der Waals surface area contributed by atoms with Crippen molar-refractivity contribution in [2.75, 3.05) is 13.2 Å². The molecular weight excluding hydrogens is 562 g/mol. The molecule has 0 aromatic heterocycles. The maximum Gasteiger partial charge on any atom is 0.127 e. The van der Waals surface area contributed by atoms with E-state index in [4.69, 9.17) is 9.47 Å². The molecule has 0 amide bonds. The van der Waals surface area contributed by atoms with Gasteiger partial charge in [-0.2, -0.15) is 0 Å². The lowest BCUT2D eigenvalue weighted by molar-refractivity contribution is 0.189. The molecule has 0 unspecified atom stereocenters. The molecule has 4 heteroatoms. The van der Waals surface area contributed by atoms with Gasteiger partial charge in [-0.05, 0) is 67.6 Å². The van der Waals surface area contributed by atoms with Crippen molar-refractivity contribution >= 4 is 47.9 Å². The molecule has 0 spiro atoms. The molecule has 5 aromatic rings. The molecule has 0 saturated heterocycles. The van der Waals surface area contributed by atoms with Gasteiger partial charge in [-0.25, -0.2) is 0 Å². The number of allylic oxidation sites excluding steroid dienone is 4.